The van der Waals surface area contributed by atoms with Crippen LogP contribution >= 0.6 is 0 Å². The maximum Gasteiger partial charge on any atom is 0.326 e. The van der Waals surface area contributed by atoms with Crippen molar-refractivity contribution in [2.45, 2.75) is 39.2 Å². The fourth-order valence-corrected chi connectivity index (χ4v) is 5.46. The molecule has 5 rings (SSSR count). The smallest absolute Gasteiger partial charge is 0.326 e. The van der Waals surface area contributed by atoms with E-state index in [-0.39, 0.29) is 28.9 Å². The Balaban J connectivity index is 1.38. The topological polar surface area (TPSA) is 156 Å². The molecular formula is C34H37N7O5S. The minimum absolute atomic E-state index is 0.0396. The fourth-order valence-electron chi connectivity index (χ4n) is 4.91. The summed E-state index contributed by atoms with van der Waals surface area (Å²) in [5.74, 6) is 1.03. The number of fused-ring (bicyclic) bond motifs is 1. The van der Waals surface area contributed by atoms with E-state index in [1.807, 2.05) is 82.3 Å². The molecule has 244 valence electrons. The number of methoxy groups -OCH3 is 1. The van der Waals surface area contributed by atoms with Crippen molar-refractivity contribution in [3.63, 3.8) is 0 Å². The maximum atomic E-state index is 13.4. The molecule has 1 aromatic heterocycles. The van der Waals surface area contributed by atoms with E-state index in [2.05, 4.69) is 35.6 Å². The zero-order chi connectivity index (χ0) is 33.8. The van der Waals surface area contributed by atoms with Crippen LogP contribution in [-0.2, 0) is 15.4 Å². The predicted octanol–water partition coefficient (Wildman–Crippen LogP) is 7.31. The molecule has 1 unspecified atom stereocenters. The summed E-state index contributed by atoms with van der Waals surface area (Å²) in [6.07, 6.45) is 2.43. The van der Waals surface area contributed by atoms with Crippen LogP contribution in [0, 0.1) is 0 Å². The molecule has 4 aromatic carbocycles. The summed E-state index contributed by atoms with van der Waals surface area (Å²) in [4.78, 5) is 26.2. The van der Waals surface area contributed by atoms with E-state index in [0.717, 1.165) is 17.4 Å². The van der Waals surface area contributed by atoms with E-state index in [9.17, 15) is 13.2 Å². The van der Waals surface area contributed by atoms with Crippen molar-refractivity contribution in [2.24, 2.45) is 0 Å². The van der Waals surface area contributed by atoms with Gasteiger partial charge in [-0.2, -0.15) is 9.97 Å². The molecule has 5 aromatic rings. The minimum atomic E-state index is -3.62. The van der Waals surface area contributed by atoms with Crippen molar-refractivity contribution in [3.8, 4) is 17.5 Å². The first-order chi connectivity index (χ1) is 22.3. The second-order valence-electron chi connectivity index (χ2n) is 11.9. The molecule has 0 aliphatic carbocycles. The molecule has 0 radical (unpaired) electrons. The van der Waals surface area contributed by atoms with Crippen LogP contribution in [0.5, 0.6) is 17.5 Å². The number of aromatic nitrogens is 3. The van der Waals surface area contributed by atoms with Gasteiger partial charge in [0.05, 0.1) is 36.5 Å². The fraction of sp³-hybridized carbons (Fsp3) is 0.235. The first kappa shape index (κ1) is 32.9. The number of urea groups is 1. The van der Waals surface area contributed by atoms with Crippen LogP contribution in [0.3, 0.4) is 0 Å². The molecule has 0 saturated heterocycles. The quantitative estimate of drug-likeness (QED) is 0.121. The Bertz CT molecular complexity index is 2020. The number of carbonyl (C=O) groups excluding carboxylic acids is 1. The van der Waals surface area contributed by atoms with E-state index < -0.39 is 16.1 Å². The Hall–Kier alpha value is -5.43. The summed E-state index contributed by atoms with van der Waals surface area (Å²) in [7, 11) is -2.22. The van der Waals surface area contributed by atoms with Crippen molar-refractivity contribution in [1.29, 1.82) is 0 Å². The van der Waals surface area contributed by atoms with Gasteiger partial charge in [0.2, 0.25) is 16.0 Å². The highest BCUT2D eigenvalue weighted by molar-refractivity contribution is 7.92. The van der Waals surface area contributed by atoms with Crippen LogP contribution in [0.25, 0.3) is 10.8 Å². The average Bonchev–Trinajstić information content (AvgIpc) is 3.01. The average molecular weight is 656 g/mol. The summed E-state index contributed by atoms with van der Waals surface area (Å²) in [6, 6.07) is 23.8. The lowest BCUT2D eigenvalue weighted by molar-refractivity contribution is 0.262. The van der Waals surface area contributed by atoms with Gasteiger partial charge in [0.25, 0.3) is 0 Å². The molecule has 0 saturated carbocycles. The summed E-state index contributed by atoms with van der Waals surface area (Å²) < 4.78 is 38.3. The van der Waals surface area contributed by atoms with Crippen molar-refractivity contribution in [3.05, 3.63) is 96.3 Å². The summed E-state index contributed by atoms with van der Waals surface area (Å²) in [5, 5.41) is 10.4. The third kappa shape index (κ3) is 8.24. The second-order valence-corrected chi connectivity index (χ2v) is 13.7. The van der Waals surface area contributed by atoms with Gasteiger partial charge in [-0.05, 0) is 47.7 Å². The van der Waals surface area contributed by atoms with E-state index in [0.29, 0.717) is 33.8 Å². The molecule has 47 heavy (non-hydrogen) atoms. The molecule has 12 nitrogen and oxygen atoms in total. The molecule has 13 heteroatoms. The van der Waals surface area contributed by atoms with Crippen LogP contribution < -0.4 is 30.1 Å². The Morgan fingerprint density at radius 3 is 2.19 bits per heavy atom. The van der Waals surface area contributed by atoms with Gasteiger partial charge in [0, 0.05) is 10.8 Å². The Labute approximate surface area is 274 Å². The first-order valence-corrected chi connectivity index (χ1v) is 16.7. The van der Waals surface area contributed by atoms with E-state index in [4.69, 9.17) is 9.47 Å². The van der Waals surface area contributed by atoms with Gasteiger partial charge in [0.15, 0.2) is 5.75 Å². The third-order valence-corrected chi connectivity index (χ3v) is 7.82. The monoisotopic (exact) mass is 655 g/mol. The van der Waals surface area contributed by atoms with E-state index in [1.54, 1.807) is 24.3 Å². The molecule has 0 spiro atoms. The van der Waals surface area contributed by atoms with Crippen LogP contribution in [-0.4, -0.2) is 42.8 Å². The van der Waals surface area contributed by atoms with Gasteiger partial charge in [-0.25, -0.2) is 18.2 Å². The van der Waals surface area contributed by atoms with Gasteiger partial charge < -0.3 is 25.4 Å². The molecule has 0 fully saturated rings. The Kier molecular flexibility index (Phi) is 9.47. The van der Waals surface area contributed by atoms with E-state index in [1.165, 1.54) is 13.4 Å². The number of sulfonamides is 1. The standard InChI is InChI=1S/C34H37N7O5S/c1-21(22-12-8-7-9-13-22)37-31-35-20-36-33(40-31)46-29-17-16-26(24-14-10-11-15-25(24)29)38-32(42)39-27-18-23(34(2,3)4)19-28(30(27)45-5)41-47(6,43)44/h7-21,41H,1-6H3,(H2,38,39,42)(H,35,36,37,40). The van der Waals surface area contributed by atoms with Crippen LogP contribution in [0.2, 0.25) is 0 Å². The van der Waals surface area contributed by atoms with Crippen LogP contribution in [0.4, 0.5) is 27.8 Å². The number of benzene rings is 4. The SMILES string of the molecule is COc1c(NC(=O)Nc2ccc(Oc3ncnc(NC(C)c4ccccc4)n3)c3ccccc23)cc(C(C)(C)C)cc1NS(C)(=O)=O. The number of hydrogen-bond acceptors (Lipinski definition) is 9. The molecule has 0 aliphatic rings. The summed E-state index contributed by atoms with van der Waals surface area (Å²) in [5.41, 5.74) is 2.55. The Morgan fingerprint density at radius 2 is 1.51 bits per heavy atom. The lowest BCUT2D eigenvalue weighted by Crippen LogP contribution is -2.22. The number of carbonyl (C=O) groups is 1. The number of ether oxygens (including phenoxy) is 2. The largest absolute Gasteiger partial charge is 0.492 e. The third-order valence-electron chi connectivity index (χ3n) is 7.23. The number of amides is 2. The zero-order valence-corrected chi connectivity index (χ0v) is 27.8. The highest BCUT2D eigenvalue weighted by atomic mass is 32.2. The lowest BCUT2D eigenvalue weighted by Gasteiger charge is -2.24. The first-order valence-electron chi connectivity index (χ1n) is 14.8. The van der Waals surface area contributed by atoms with Crippen molar-refractivity contribution >= 4 is 49.8 Å². The molecule has 0 bridgehead atoms. The van der Waals surface area contributed by atoms with Gasteiger partial charge in [-0.3, -0.25) is 4.72 Å². The highest BCUT2D eigenvalue weighted by Gasteiger charge is 2.22. The van der Waals surface area contributed by atoms with Crippen molar-refractivity contribution in [2.75, 3.05) is 34.0 Å². The normalized spacial score (nSPS) is 12.2. The van der Waals surface area contributed by atoms with Crippen LogP contribution in [0.1, 0.15) is 44.9 Å². The molecule has 0 aliphatic heterocycles. The molecule has 1 heterocycles. The number of nitrogens with one attached hydrogen (secondary N) is 4. The number of rotatable bonds is 10. The van der Waals surface area contributed by atoms with Crippen molar-refractivity contribution in [1.82, 2.24) is 15.0 Å². The van der Waals surface area contributed by atoms with Crippen molar-refractivity contribution < 1.29 is 22.7 Å². The summed E-state index contributed by atoms with van der Waals surface area (Å²) in [6.45, 7) is 7.96. The maximum absolute atomic E-state index is 13.4. The second kappa shape index (κ2) is 13.5. The molecule has 4 N–H and O–H groups in total. The van der Waals surface area contributed by atoms with Crippen LogP contribution in [0.15, 0.2) is 85.2 Å². The van der Waals surface area contributed by atoms with Gasteiger partial charge >= 0.3 is 12.0 Å². The predicted molar refractivity (Wildman–Crippen MR) is 185 cm³/mol. The van der Waals surface area contributed by atoms with E-state index >= 15 is 0 Å². The zero-order valence-electron chi connectivity index (χ0n) is 27.0. The van der Waals surface area contributed by atoms with Gasteiger partial charge in [0.1, 0.15) is 12.1 Å². The molecule has 1 atom stereocenters. The molecular weight excluding hydrogens is 618 g/mol. The molecule has 2 amide bonds. The minimum Gasteiger partial charge on any atom is -0.492 e. The number of anilines is 4. The Morgan fingerprint density at radius 1 is 0.851 bits per heavy atom. The highest BCUT2D eigenvalue weighted by Crippen LogP contribution is 2.39. The van der Waals surface area contributed by atoms with Gasteiger partial charge in [-0.1, -0.05) is 75.4 Å². The van der Waals surface area contributed by atoms with Gasteiger partial charge in [-0.15, -0.1) is 0 Å². The number of hydrogen-bond donors (Lipinski definition) is 4. The lowest BCUT2D eigenvalue weighted by atomic mass is 9.86. The summed E-state index contributed by atoms with van der Waals surface area (Å²) >= 11 is 0. The number of nitrogens with zero attached hydrogens (tertiary/aromatic N) is 3.